The fraction of sp³-hybridized carbons (Fsp3) is 0.385. The van der Waals surface area contributed by atoms with Gasteiger partial charge in [0.1, 0.15) is 5.60 Å². The number of fused-ring (bicyclic) bond motifs is 2. The molecule has 0 radical (unpaired) electrons. The smallest absolute Gasteiger partial charge is 0.234 e. The molecule has 0 aliphatic carbocycles. The van der Waals surface area contributed by atoms with Gasteiger partial charge in [0, 0.05) is 17.8 Å². The van der Waals surface area contributed by atoms with Crippen molar-refractivity contribution in [2.75, 3.05) is 18.2 Å². The number of anilines is 1. The second-order valence-electron chi connectivity index (χ2n) is 9.30. The molecule has 6 rings (SSSR count). The molecule has 4 aliphatic heterocycles. The van der Waals surface area contributed by atoms with Gasteiger partial charge in [0.15, 0.2) is 11.5 Å². The second kappa shape index (κ2) is 7.63. The summed E-state index contributed by atoms with van der Waals surface area (Å²) >= 11 is 0. The Bertz CT molecular complexity index is 1130. The van der Waals surface area contributed by atoms with Crippen LogP contribution in [0.4, 0.5) is 5.69 Å². The molecule has 4 aliphatic rings. The van der Waals surface area contributed by atoms with E-state index in [-0.39, 0.29) is 30.8 Å². The minimum atomic E-state index is -0.757. The normalized spacial score (nSPS) is 29.4. The summed E-state index contributed by atoms with van der Waals surface area (Å²) in [6.07, 6.45) is 5.26. The number of nitrogens with zero attached hydrogens (tertiary/aromatic N) is 1. The van der Waals surface area contributed by atoms with Crippen LogP contribution < -0.4 is 19.7 Å². The maximum absolute atomic E-state index is 13.5. The molecule has 1 N–H and O–H groups in total. The summed E-state index contributed by atoms with van der Waals surface area (Å²) in [5.74, 6) is 0.0372. The summed E-state index contributed by atoms with van der Waals surface area (Å²) in [4.78, 5) is 28.6. The van der Waals surface area contributed by atoms with Crippen molar-refractivity contribution in [3.63, 3.8) is 0 Å². The fourth-order valence-corrected chi connectivity index (χ4v) is 5.51. The topological polar surface area (TPSA) is 77.1 Å². The number of hydrogen-bond donors (Lipinski definition) is 1. The summed E-state index contributed by atoms with van der Waals surface area (Å²) < 4.78 is 17.1. The highest BCUT2D eigenvalue weighted by Gasteiger charge is 2.67. The molecule has 33 heavy (non-hydrogen) atoms. The first kappa shape index (κ1) is 20.3. The van der Waals surface area contributed by atoms with E-state index in [1.807, 2.05) is 55.5 Å². The van der Waals surface area contributed by atoms with Crippen LogP contribution in [0, 0.1) is 11.8 Å². The molecule has 0 aromatic heterocycles. The van der Waals surface area contributed by atoms with Crippen LogP contribution in [0.5, 0.6) is 11.5 Å². The summed E-state index contributed by atoms with van der Waals surface area (Å²) in [7, 11) is 0. The first-order valence-electron chi connectivity index (χ1n) is 11.5. The molecule has 2 amide bonds. The van der Waals surface area contributed by atoms with Gasteiger partial charge in [-0.2, -0.15) is 0 Å². The summed E-state index contributed by atoms with van der Waals surface area (Å²) in [6.45, 7) is 2.57. The largest absolute Gasteiger partial charge is 0.454 e. The lowest BCUT2D eigenvalue weighted by atomic mass is 9.76. The molecule has 5 atom stereocenters. The number of benzene rings is 2. The van der Waals surface area contributed by atoms with Crippen LogP contribution in [0.25, 0.3) is 0 Å². The second-order valence-corrected chi connectivity index (χ2v) is 9.30. The van der Waals surface area contributed by atoms with Crippen LogP contribution in [0.1, 0.15) is 18.9 Å². The number of aryl methyl sites for hydroxylation is 1. The van der Waals surface area contributed by atoms with Gasteiger partial charge < -0.3 is 24.4 Å². The van der Waals surface area contributed by atoms with Crippen molar-refractivity contribution >= 4 is 17.5 Å². The average Bonchev–Trinajstić information content (AvgIpc) is 3.58. The average molecular weight is 447 g/mol. The van der Waals surface area contributed by atoms with Gasteiger partial charge in [0.25, 0.3) is 0 Å². The Hall–Kier alpha value is -3.32. The lowest BCUT2D eigenvalue weighted by Gasteiger charge is -2.25. The number of rotatable bonds is 6. The molecule has 0 saturated carbocycles. The Morgan fingerprint density at radius 3 is 2.85 bits per heavy atom. The fourth-order valence-electron chi connectivity index (χ4n) is 5.51. The van der Waals surface area contributed by atoms with Crippen molar-refractivity contribution in [2.24, 2.45) is 11.8 Å². The molecule has 7 heteroatoms. The molecule has 4 heterocycles. The Balaban J connectivity index is 1.17. The minimum absolute atomic E-state index is 0.00164. The van der Waals surface area contributed by atoms with Crippen molar-refractivity contribution in [1.82, 2.24) is 5.32 Å². The summed E-state index contributed by atoms with van der Waals surface area (Å²) in [5.41, 5.74) is 1.21. The highest BCUT2D eigenvalue weighted by atomic mass is 16.7. The van der Waals surface area contributed by atoms with Gasteiger partial charge in [0.2, 0.25) is 18.6 Å². The standard InChI is InChI=1S/C26H26N2O5/c1-16(7-8-17-5-3-2-4-6-17)27-24(29)22-20-11-12-26(33-20)14-28(25(30)23(22)26)18-9-10-19-21(13-18)32-15-31-19/h2-6,9-13,16,20,22-23H,7-8,14-15H2,1H3,(H,27,29)/t16-,20+,22+,23-,26+/m0/s1. The molecule has 2 saturated heterocycles. The number of nitrogens with one attached hydrogen (secondary N) is 1. The van der Waals surface area contributed by atoms with E-state index < -0.39 is 17.4 Å². The van der Waals surface area contributed by atoms with Crippen LogP contribution in [0.3, 0.4) is 0 Å². The third-order valence-corrected chi connectivity index (χ3v) is 7.17. The Morgan fingerprint density at radius 2 is 2.00 bits per heavy atom. The highest BCUT2D eigenvalue weighted by molar-refractivity contribution is 6.03. The van der Waals surface area contributed by atoms with E-state index in [9.17, 15) is 9.59 Å². The Kier molecular flexibility index (Phi) is 4.69. The first-order chi connectivity index (χ1) is 16.0. The van der Waals surface area contributed by atoms with Gasteiger partial charge in [-0.1, -0.05) is 42.5 Å². The molecule has 170 valence electrons. The Labute approximate surface area is 192 Å². The van der Waals surface area contributed by atoms with E-state index in [1.54, 1.807) is 4.90 Å². The molecule has 2 fully saturated rings. The van der Waals surface area contributed by atoms with Crippen LogP contribution in [0.15, 0.2) is 60.7 Å². The molecule has 2 bridgehead atoms. The highest BCUT2D eigenvalue weighted by Crippen LogP contribution is 2.53. The maximum Gasteiger partial charge on any atom is 0.234 e. The van der Waals surface area contributed by atoms with Gasteiger partial charge in [-0.15, -0.1) is 0 Å². The number of amides is 2. The van der Waals surface area contributed by atoms with Gasteiger partial charge in [-0.25, -0.2) is 0 Å². The Morgan fingerprint density at radius 1 is 1.18 bits per heavy atom. The van der Waals surface area contributed by atoms with E-state index >= 15 is 0 Å². The lowest BCUT2D eigenvalue weighted by Crippen LogP contribution is -2.46. The molecule has 2 aromatic carbocycles. The molecule has 1 spiro atoms. The zero-order valence-corrected chi connectivity index (χ0v) is 18.4. The number of carbonyl (C=O) groups is 2. The van der Waals surface area contributed by atoms with Crippen LogP contribution in [-0.2, 0) is 20.7 Å². The van der Waals surface area contributed by atoms with E-state index in [4.69, 9.17) is 14.2 Å². The SMILES string of the molecule is C[C@@H](CCc1ccccc1)NC(=O)[C@H]1[C@H]2C(=O)N(c3ccc4c(c3)OCO4)C[C@]23C=C[C@H]1O3. The van der Waals surface area contributed by atoms with E-state index in [2.05, 4.69) is 17.4 Å². The van der Waals surface area contributed by atoms with Crippen LogP contribution >= 0.6 is 0 Å². The molecular formula is C26H26N2O5. The van der Waals surface area contributed by atoms with Gasteiger partial charge >= 0.3 is 0 Å². The number of hydrogen-bond acceptors (Lipinski definition) is 5. The molecule has 0 unspecified atom stereocenters. The minimum Gasteiger partial charge on any atom is -0.454 e. The molecule has 2 aromatic rings. The molecule has 7 nitrogen and oxygen atoms in total. The van der Waals surface area contributed by atoms with Crippen molar-refractivity contribution in [2.45, 2.75) is 37.5 Å². The van der Waals surface area contributed by atoms with Crippen molar-refractivity contribution in [3.8, 4) is 11.5 Å². The third kappa shape index (κ3) is 3.30. The van der Waals surface area contributed by atoms with E-state index in [1.165, 1.54) is 5.56 Å². The van der Waals surface area contributed by atoms with Gasteiger partial charge in [-0.05, 0) is 37.5 Å². The van der Waals surface area contributed by atoms with Gasteiger partial charge in [-0.3, -0.25) is 9.59 Å². The van der Waals surface area contributed by atoms with Crippen molar-refractivity contribution in [1.29, 1.82) is 0 Å². The zero-order chi connectivity index (χ0) is 22.6. The first-order valence-corrected chi connectivity index (χ1v) is 11.5. The van der Waals surface area contributed by atoms with Crippen LogP contribution in [0.2, 0.25) is 0 Å². The third-order valence-electron chi connectivity index (χ3n) is 7.17. The predicted molar refractivity (Wildman–Crippen MR) is 121 cm³/mol. The quantitative estimate of drug-likeness (QED) is 0.691. The number of carbonyl (C=O) groups excluding carboxylic acids is 2. The summed E-state index contributed by atoms with van der Waals surface area (Å²) in [6, 6.07) is 15.7. The van der Waals surface area contributed by atoms with Gasteiger partial charge in [0.05, 0.1) is 24.5 Å². The van der Waals surface area contributed by atoms with Crippen molar-refractivity contribution < 1.29 is 23.8 Å². The zero-order valence-electron chi connectivity index (χ0n) is 18.4. The van der Waals surface area contributed by atoms with E-state index in [0.717, 1.165) is 18.5 Å². The maximum atomic E-state index is 13.5. The van der Waals surface area contributed by atoms with Crippen molar-refractivity contribution in [3.05, 3.63) is 66.2 Å². The number of ether oxygens (including phenoxy) is 3. The predicted octanol–water partition coefficient (Wildman–Crippen LogP) is 2.84. The van der Waals surface area contributed by atoms with Crippen LogP contribution in [-0.4, -0.2) is 42.9 Å². The molecular weight excluding hydrogens is 420 g/mol. The lowest BCUT2D eigenvalue weighted by molar-refractivity contribution is -0.132. The summed E-state index contributed by atoms with van der Waals surface area (Å²) in [5, 5.41) is 3.14. The van der Waals surface area contributed by atoms with E-state index in [0.29, 0.717) is 18.0 Å². The monoisotopic (exact) mass is 446 g/mol.